The van der Waals surface area contributed by atoms with E-state index in [4.69, 9.17) is 26.6 Å². The third-order valence-corrected chi connectivity index (χ3v) is 16.1. The van der Waals surface area contributed by atoms with Gasteiger partial charge in [0, 0.05) is 30.0 Å². The number of carbonyl (C=O) groups excluding carboxylic acids is 2. The molecule has 2 aliphatic heterocycles. The number of primary sulfonamides is 1. The maximum atomic E-state index is 13.7. The number of ether oxygens (including phenoxy) is 1. The molecule has 1 saturated carbocycles. The van der Waals surface area contributed by atoms with Crippen LogP contribution in [-0.4, -0.2) is 102 Å². The Kier molecular flexibility index (Phi) is 19.9. The minimum Gasteiger partial charge on any atom is -1.00 e. The lowest BCUT2D eigenvalue weighted by Gasteiger charge is -2.38. The number of halogens is 3. The smallest absolute Gasteiger partial charge is 0.343 e. The number of piperidine rings is 1. The van der Waals surface area contributed by atoms with Crippen molar-refractivity contribution < 1.29 is 68.2 Å². The number of nitrogens with zero attached hydrogens (tertiary/aromatic N) is 2. The lowest BCUT2D eigenvalue weighted by atomic mass is 9.80. The Morgan fingerprint density at radius 2 is 1.58 bits per heavy atom. The SMILES string of the molecule is CC1=C(CC(=O)O)c2cc(F)ccc2/C1=C\c1ccc([S+](C)[O-])cc1.CC1CCCC(C)N1NC(=O)c1ccc(Cl)c(S(N)(=O)=O)c1.C[N+]1(C)CCC(OC(=O)C(O)(c2ccccc2)C2CCCC2)C1.[Br-]. The molecule has 3 fully saturated rings. The van der Waals surface area contributed by atoms with Crippen molar-refractivity contribution in [2.75, 3.05) is 33.4 Å². The Balaban J connectivity index is 0.000000197. The first-order valence-corrected chi connectivity index (χ1v) is 27.1. The second-order valence-electron chi connectivity index (χ2n) is 19.4. The first-order valence-electron chi connectivity index (χ1n) is 23.6. The summed E-state index contributed by atoms with van der Waals surface area (Å²) in [4.78, 5) is 37.0. The predicted molar refractivity (Wildman–Crippen MR) is 271 cm³/mol. The van der Waals surface area contributed by atoms with Crippen LogP contribution in [-0.2, 0) is 41.1 Å². The molecule has 4 aromatic carbocycles. The van der Waals surface area contributed by atoms with E-state index in [1.54, 1.807) is 24.5 Å². The van der Waals surface area contributed by atoms with E-state index in [9.17, 15) is 36.9 Å². The molecule has 5 unspecified atom stereocenters. The number of likely N-dealkylation sites (N-methyl/N-ethyl adjacent to an activating group) is 1. The Hall–Kier alpha value is -4.43. The van der Waals surface area contributed by atoms with Gasteiger partial charge < -0.3 is 41.0 Å². The fourth-order valence-electron chi connectivity index (χ4n) is 9.86. The number of aliphatic carboxylic acids is 1. The van der Waals surface area contributed by atoms with Crippen molar-refractivity contribution in [1.29, 1.82) is 0 Å². The maximum Gasteiger partial charge on any atom is 0.343 e. The molecule has 1 amide bonds. The van der Waals surface area contributed by atoms with E-state index in [0.29, 0.717) is 16.7 Å². The van der Waals surface area contributed by atoms with E-state index in [1.807, 2.05) is 74.3 Å². The summed E-state index contributed by atoms with van der Waals surface area (Å²) in [5.74, 6) is -2.20. The zero-order chi connectivity index (χ0) is 51.1. The van der Waals surface area contributed by atoms with E-state index < -0.39 is 38.7 Å². The van der Waals surface area contributed by atoms with Gasteiger partial charge in [-0.1, -0.05) is 67.3 Å². The Labute approximate surface area is 435 Å². The number of nitrogens with one attached hydrogen (secondary N) is 1. The number of carboxylic acids is 1. The average molecular weight is 1100 g/mol. The number of carbonyl (C=O) groups is 3. The van der Waals surface area contributed by atoms with Crippen LogP contribution in [0.1, 0.15) is 111 Å². The number of carboxylic acid groups (broad SMARTS) is 1. The highest BCUT2D eigenvalue weighted by molar-refractivity contribution is 7.90. The van der Waals surface area contributed by atoms with Crippen LogP contribution in [0, 0.1) is 11.7 Å². The first-order chi connectivity index (χ1) is 33.0. The third kappa shape index (κ3) is 14.4. The highest BCUT2D eigenvalue weighted by atomic mass is 79.9. The summed E-state index contributed by atoms with van der Waals surface area (Å²) in [5.41, 5.74) is 6.97. The number of amides is 1. The standard InChI is InChI=1S/C20H17FO3S.C19H28NO3.C14H20ClN3O3S.BrH/c1-12-17(9-13-3-6-15(7-4-13)25(2)24)16-8-5-14(21)10-19(16)18(12)11-20(22)23;1-20(2)13-12-17(14-20)23-18(21)19(22,16-10-6-7-11-16)15-8-4-3-5-9-15;1-9-4-3-5-10(2)18(9)17-14(19)11-6-7-12(15)13(8-11)22(16,20)21;/h3-10H,11H2,1-2H3,(H,22,23);3-5,8-9,16-17,22H,6-7,10-14H2,1-2H3;6-10H,3-5H2,1-2H3,(H,17,19)(H2,16,20,21);1H/q;+1;;/p-1/b17-9-;;;. The number of esters is 1. The number of rotatable bonds is 11. The van der Waals surface area contributed by atoms with Crippen molar-refractivity contribution in [2.45, 2.75) is 112 Å². The number of hydrogen-bond donors (Lipinski definition) is 4. The van der Waals surface area contributed by atoms with Gasteiger partial charge in [0.25, 0.3) is 5.91 Å². The van der Waals surface area contributed by atoms with Gasteiger partial charge in [0.05, 0.1) is 32.1 Å². The Morgan fingerprint density at radius 1 is 0.944 bits per heavy atom. The number of hydrogen-bond acceptors (Lipinski definition) is 9. The maximum absolute atomic E-state index is 13.7. The molecule has 4 aliphatic rings. The predicted octanol–water partition coefficient (Wildman–Crippen LogP) is 5.72. The van der Waals surface area contributed by atoms with Crippen LogP contribution in [0.4, 0.5) is 4.39 Å². The fourth-order valence-corrected chi connectivity index (χ4v) is 11.5. The number of benzene rings is 4. The summed E-state index contributed by atoms with van der Waals surface area (Å²) in [6, 6.07) is 25.6. The summed E-state index contributed by atoms with van der Waals surface area (Å²) in [6.07, 6.45) is 11.3. The molecule has 2 heterocycles. The number of aliphatic hydroxyl groups is 1. The molecule has 0 bridgehead atoms. The summed E-state index contributed by atoms with van der Waals surface area (Å²) in [5, 5.41) is 27.5. The lowest BCUT2D eigenvalue weighted by molar-refractivity contribution is -0.879. The number of fused-ring (bicyclic) bond motifs is 1. The van der Waals surface area contributed by atoms with Crippen LogP contribution < -0.4 is 27.5 Å². The molecule has 2 saturated heterocycles. The highest BCUT2D eigenvalue weighted by Crippen LogP contribution is 2.44. The average Bonchev–Trinajstić information content (AvgIpc) is 4.04. The molecule has 13 nitrogen and oxygen atoms in total. The van der Waals surface area contributed by atoms with Crippen molar-refractivity contribution in [3.05, 3.63) is 135 Å². The van der Waals surface area contributed by atoms with Gasteiger partial charge in [-0.15, -0.1) is 0 Å². The molecule has 8 rings (SSSR count). The van der Waals surface area contributed by atoms with Gasteiger partial charge in [0.2, 0.25) is 10.0 Å². The summed E-state index contributed by atoms with van der Waals surface area (Å²) in [6.45, 7) is 7.78. The van der Waals surface area contributed by atoms with Crippen LogP contribution in [0.3, 0.4) is 0 Å². The summed E-state index contributed by atoms with van der Waals surface area (Å²) < 4.78 is 54.7. The molecule has 0 aromatic heterocycles. The first kappa shape index (κ1) is 57.5. The van der Waals surface area contributed by atoms with E-state index >= 15 is 0 Å². The van der Waals surface area contributed by atoms with Crippen LogP contribution in [0.5, 0.6) is 0 Å². The quantitative estimate of drug-likeness (QED) is 0.0819. The topological polar surface area (TPSA) is 199 Å². The van der Waals surface area contributed by atoms with E-state index in [2.05, 4.69) is 19.5 Å². The van der Waals surface area contributed by atoms with Gasteiger partial charge in [-0.25, -0.2) is 27.8 Å². The molecule has 384 valence electrons. The van der Waals surface area contributed by atoms with Crippen LogP contribution in [0.2, 0.25) is 5.02 Å². The third-order valence-electron chi connectivity index (χ3n) is 13.7. The van der Waals surface area contributed by atoms with Crippen LogP contribution in [0.15, 0.2) is 106 Å². The number of sulfonamides is 1. The molecule has 0 spiro atoms. The zero-order valence-electron chi connectivity index (χ0n) is 41.0. The van der Waals surface area contributed by atoms with Crippen molar-refractivity contribution >= 4 is 67.9 Å². The van der Waals surface area contributed by atoms with Gasteiger partial charge in [0.15, 0.2) is 16.6 Å². The largest absolute Gasteiger partial charge is 1.00 e. The van der Waals surface area contributed by atoms with Crippen molar-refractivity contribution in [3.63, 3.8) is 0 Å². The normalized spacial score (nSPS) is 21.6. The molecule has 18 heteroatoms. The number of likely N-dealkylation sites (tertiary alicyclic amines) is 1. The van der Waals surface area contributed by atoms with Gasteiger partial charge >= 0.3 is 11.9 Å². The summed E-state index contributed by atoms with van der Waals surface area (Å²) >= 11 is 4.79. The van der Waals surface area contributed by atoms with Gasteiger partial charge in [-0.05, 0) is 157 Å². The number of quaternary nitrogens is 1. The lowest BCUT2D eigenvalue weighted by Crippen LogP contribution is -3.00. The Morgan fingerprint density at radius 3 is 2.14 bits per heavy atom. The number of allylic oxidation sites excluding steroid dienone is 2. The van der Waals surface area contributed by atoms with Crippen LogP contribution >= 0.6 is 11.6 Å². The van der Waals surface area contributed by atoms with E-state index in [0.717, 1.165) is 96.1 Å². The molecular weight excluding hydrogens is 1040 g/mol. The molecule has 5 N–H and O–H groups in total. The van der Waals surface area contributed by atoms with Gasteiger partial charge in [0.1, 0.15) is 23.5 Å². The van der Waals surface area contributed by atoms with Gasteiger partial charge in [-0.2, -0.15) is 0 Å². The molecule has 5 atom stereocenters. The molecule has 4 aromatic rings. The van der Waals surface area contributed by atoms with Crippen molar-refractivity contribution in [3.8, 4) is 0 Å². The molecule has 0 radical (unpaired) electrons. The molecular formula is C53H65BrClFN4O9S2. The number of nitrogens with two attached hydrogens (primary N) is 1. The fraction of sp³-hybridized carbons (Fsp3) is 0.415. The van der Waals surface area contributed by atoms with E-state index in [-0.39, 0.29) is 74.7 Å². The second-order valence-corrected chi connectivity index (χ2v) is 22.7. The monoisotopic (exact) mass is 1100 g/mol. The number of hydrazine groups is 1. The molecule has 2 aliphatic carbocycles. The van der Waals surface area contributed by atoms with Crippen molar-refractivity contribution in [2.24, 2.45) is 11.1 Å². The highest BCUT2D eigenvalue weighted by Gasteiger charge is 2.49. The second kappa shape index (κ2) is 24.5. The van der Waals surface area contributed by atoms with E-state index in [1.165, 1.54) is 30.3 Å². The molecule has 71 heavy (non-hydrogen) atoms. The Bertz CT molecular complexity index is 2710. The van der Waals surface area contributed by atoms with Crippen LogP contribution in [0.25, 0.3) is 17.2 Å². The minimum atomic E-state index is -3.97. The zero-order valence-corrected chi connectivity index (χ0v) is 45.0. The summed E-state index contributed by atoms with van der Waals surface area (Å²) in [7, 11) is 0.324. The van der Waals surface area contributed by atoms with Crippen molar-refractivity contribution in [1.82, 2.24) is 10.4 Å². The minimum absolute atomic E-state index is 0. The van der Waals surface area contributed by atoms with Gasteiger partial charge in [-0.3, -0.25) is 15.0 Å².